The summed E-state index contributed by atoms with van der Waals surface area (Å²) in [5.41, 5.74) is 8.00. The number of anilines is 1. The largest absolute Gasteiger partial charge is 0.309 e. The smallest absolute Gasteiger partial charge is 0.236 e. The SMILES string of the molecule is [N-]=[N+]=NCC1CC(=O)N(c2c(Cl)c(F)nc(F)c2Cl)C1. The molecule has 10 heteroatoms. The fourth-order valence-corrected chi connectivity index (χ4v) is 2.51. The first-order chi connectivity index (χ1) is 9.45. The van der Waals surface area contributed by atoms with E-state index in [1.165, 1.54) is 0 Å². The number of azide groups is 1. The molecule has 1 amide bonds. The number of pyridine rings is 1. The number of amides is 1. The lowest BCUT2D eigenvalue weighted by molar-refractivity contribution is -0.117. The van der Waals surface area contributed by atoms with Crippen molar-refractivity contribution in [3.05, 3.63) is 32.4 Å². The Kier molecular flexibility index (Phi) is 4.27. The van der Waals surface area contributed by atoms with Gasteiger partial charge < -0.3 is 4.90 Å². The molecule has 0 saturated carbocycles. The highest BCUT2D eigenvalue weighted by atomic mass is 35.5. The quantitative estimate of drug-likeness (QED) is 0.370. The summed E-state index contributed by atoms with van der Waals surface area (Å²) in [6, 6.07) is 0. The molecule has 0 N–H and O–H groups in total. The Morgan fingerprint density at radius 2 is 2.00 bits per heavy atom. The van der Waals surface area contributed by atoms with Gasteiger partial charge in [0.15, 0.2) is 0 Å². The van der Waals surface area contributed by atoms with Gasteiger partial charge >= 0.3 is 0 Å². The van der Waals surface area contributed by atoms with Crippen molar-refractivity contribution in [2.24, 2.45) is 11.0 Å². The average Bonchev–Trinajstić information content (AvgIpc) is 2.76. The van der Waals surface area contributed by atoms with E-state index in [4.69, 9.17) is 28.7 Å². The number of carbonyl (C=O) groups is 1. The van der Waals surface area contributed by atoms with E-state index in [0.717, 1.165) is 4.90 Å². The van der Waals surface area contributed by atoms with Gasteiger partial charge in [-0.2, -0.15) is 13.8 Å². The van der Waals surface area contributed by atoms with Gasteiger partial charge in [-0.1, -0.05) is 28.3 Å². The summed E-state index contributed by atoms with van der Waals surface area (Å²) in [6.07, 6.45) is 0.0806. The summed E-state index contributed by atoms with van der Waals surface area (Å²) in [4.78, 5) is 18.5. The number of carbonyl (C=O) groups excluding carboxylic acids is 1. The molecule has 1 saturated heterocycles. The van der Waals surface area contributed by atoms with Gasteiger partial charge in [0.1, 0.15) is 10.0 Å². The number of aromatic nitrogens is 1. The highest BCUT2D eigenvalue weighted by Gasteiger charge is 2.34. The molecule has 2 rings (SSSR count). The van der Waals surface area contributed by atoms with Gasteiger partial charge in [0.05, 0.1) is 5.69 Å². The molecule has 6 nitrogen and oxygen atoms in total. The highest BCUT2D eigenvalue weighted by molar-refractivity contribution is 6.39. The van der Waals surface area contributed by atoms with E-state index in [2.05, 4.69) is 15.0 Å². The van der Waals surface area contributed by atoms with Gasteiger partial charge in [0, 0.05) is 24.4 Å². The molecule has 1 aliphatic heterocycles. The second-order valence-corrected chi connectivity index (χ2v) is 4.91. The molecule has 1 atom stereocenters. The average molecular weight is 322 g/mol. The van der Waals surface area contributed by atoms with Crippen LogP contribution in [0.15, 0.2) is 5.11 Å². The summed E-state index contributed by atoms with van der Waals surface area (Å²) in [5.74, 6) is -3.15. The summed E-state index contributed by atoms with van der Waals surface area (Å²) < 4.78 is 26.7. The Labute approximate surface area is 121 Å². The fourth-order valence-electron chi connectivity index (χ4n) is 1.99. The number of halogens is 4. The molecule has 2 heterocycles. The van der Waals surface area contributed by atoms with Gasteiger partial charge in [-0.25, -0.2) is 0 Å². The van der Waals surface area contributed by atoms with E-state index in [0.29, 0.717) is 0 Å². The van der Waals surface area contributed by atoms with Crippen LogP contribution in [0.4, 0.5) is 14.5 Å². The van der Waals surface area contributed by atoms with Crippen molar-refractivity contribution in [2.75, 3.05) is 18.0 Å². The van der Waals surface area contributed by atoms with Gasteiger partial charge in [-0.15, -0.1) is 0 Å². The van der Waals surface area contributed by atoms with Crippen molar-refractivity contribution in [1.29, 1.82) is 0 Å². The molecular formula is C10H7Cl2F2N5O. The third-order valence-corrected chi connectivity index (χ3v) is 3.52. The van der Waals surface area contributed by atoms with Crippen molar-refractivity contribution in [3.63, 3.8) is 0 Å². The Hall–Kier alpha value is -1.63. The predicted molar refractivity (Wildman–Crippen MR) is 68.6 cm³/mol. The first-order valence-corrected chi connectivity index (χ1v) is 6.22. The molecule has 20 heavy (non-hydrogen) atoms. The van der Waals surface area contributed by atoms with Crippen LogP contribution < -0.4 is 4.90 Å². The van der Waals surface area contributed by atoms with E-state index in [-0.39, 0.29) is 31.1 Å². The Morgan fingerprint density at radius 1 is 1.40 bits per heavy atom. The molecular weight excluding hydrogens is 315 g/mol. The van der Waals surface area contributed by atoms with E-state index in [1.54, 1.807) is 0 Å². The van der Waals surface area contributed by atoms with Crippen LogP contribution in [0.25, 0.3) is 10.4 Å². The zero-order valence-corrected chi connectivity index (χ0v) is 11.4. The predicted octanol–water partition coefficient (Wildman–Crippen LogP) is 3.33. The van der Waals surface area contributed by atoms with Crippen LogP contribution in [-0.2, 0) is 4.79 Å². The molecule has 106 valence electrons. The number of hydrogen-bond donors (Lipinski definition) is 0. The monoisotopic (exact) mass is 321 g/mol. The lowest BCUT2D eigenvalue weighted by Gasteiger charge is -2.19. The van der Waals surface area contributed by atoms with E-state index in [1.807, 2.05) is 0 Å². The molecule has 0 aromatic carbocycles. The molecule has 0 aliphatic carbocycles. The second-order valence-electron chi connectivity index (χ2n) is 4.16. The van der Waals surface area contributed by atoms with Gasteiger partial charge in [-0.05, 0) is 11.4 Å². The van der Waals surface area contributed by atoms with Crippen molar-refractivity contribution < 1.29 is 13.6 Å². The number of rotatable bonds is 3. The van der Waals surface area contributed by atoms with Crippen LogP contribution in [0.1, 0.15) is 6.42 Å². The normalized spacial score (nSPS) is 18.3. The van der Waals surface area contributed by atoms with Crippen molar-refractivity contribution >= 4 is 34.8 Å². The lowest BCUT2D eigenvalue weighted by atomic mass is 10.1. The number of hydrogen-bond acceptors (Lipinski definition) is 3. The molecule has 1 unspecified atom stereocenters. The van der Waals surface area contributed by atoms with Crippen LogP contribution in [-0.4, -0.2) is 24.0 Å². The summed E-state index contributed by atoms with van der Waals surface area (Å²) in [5, 5.41) is 2.33. The molecule has 1 aromatic heterocycles. The second kappa shape index (κ2) is 5.78. The highest BCUT2D eigenvalue weighted by Crippen LogP contribution is 2.39. The van der Waals surface area contributed by atoms with Crippen LogP contribution >= 0.6 is 23.2 Å². The standard InChI is InChI=1S/C10H7Cl2F2N5O/c11-6-8(7(12)10(14)17-9(6)13)19-3-4(1-5(19)20)2-16-18-15/h4H,1-3H2. The summed E-state index contributed by atoms with van der Waals surface area (Å²) in [7, 11) is 0. The zero-order chi connectivity index (χ0) is 14.9. The summed E-state index contributed by atoms with van der Waals surface area (Å²) >= 11 is 11.4. The third kappa shape index (κ3) is 2.63. The third-order valence-electron chi connectivity index (χ3n) is 2.85. The van der Waals surface area contributed by atoms with Gasteiger partial charge in [-0.3, -0.25) is 4.79 Å². The van der Waals surface area contributed by atoms with Gasteiger partial charge in [0.25, 0.3) is 0 Å². The number of nitrogens with zero attached hydrogens (tertiary/aromatic N) is 5. The van der Waals surface area contributed by atoms with Crippen LogP contribution in [0.3, 0.4) is 0 Å². The van der Waals surface area contributed by atoms with E-state index < -0.39 is 27.8 Å². The fraction of sp³-hybridized carbons (Fsp3) is 0.400. The lowest BCUT2D eigenvalue weighted by Crippen LogP contribution is -2.26. The minimum absolute atomic E-state index is 0.0806. The van der Waals surface area contributed by atoms with E-state index >= 15 is 0 Å². The molecule has 0 spiro atoms. The first-order valence-electron chi connectivity index (χ1n) is 5.47. The molecule has 0 bridgehead atoms. The zero-order valence-electron chi connectivity index (χ0n) is 9.85. The summed E-state index contributed by atoms with van der Waals surface area (Å²) in [6.45, 7) is 0.213. The van der Waals surface area contributed by atoms with Crippen LogP contribution in [0.5, 0.6) is 0 Å². The van der Waals surface area contributed by atoms with Crippen molar-refractivity contribution in [1.82, 2.24) is 4.98 Å². The van der Waals surface area contributed by atoms with Crippen molar-refractivity contribution in [2.45, 2.75) is 6.42 Å². The molecule has 0 radical (unpaired) electrons. The Morgan fingerprint density at radius 3 is 2.55 bits per heavy atom. The minimum atomic E-state index is -1.24. The van der Waals surface area contributed by atoms with E-state index in [9.17, 15) is 13.6 Å². The molecule has 1 aliphatic rings. The van der Waals surface area contributed by atoms with Crippen molar-refractivity contribution in [3.8, 4) is 0 Å². The maximum atomic E-state index is 13.4. The maximum absolute atomic E-state index is 13.4. The first kappa shape index (κ1) is 14.8. The molecule has 1 aromatic rings. The van der Waals surface area contributed by atoms with Crippen LogP contribution in [0.2, 0.25) is 10.0 Å². The molecule has 1 fully saturated rings. The van der Waals surface area contributed by atoms with Crippen LogP contribution in [0, 0.1) is 17.8 Å². The Balaban J connectivity index is 2.37. The topological polar surface area (TPSA) is 82.0 Å². The Bertz CT molecular complexity index is 594. The minimum Gasteiger partial charge on any atom is -0.309 e. The maximum Gasteiger partial charge on any atom is 0.236 e. The van der Waals surface area contributed by atoms with Gasteiger partial charge in [0.2, 0.25) is 17.8 Å².